The number of aryl methyl sites for hydroxylation is 1. The number of hydrogen-bond acceptors (Lipinski definition) is 5. The molecule has 1 aliphatic rings. The van der Waals surface area contributed by atoms with Crippen LogP contribution in [0.2, 0.25) is 0 Å². The molecular formula is C20H23N5O. The molecule has 1 atom stereocenters. The van der Waals surface area contributed by atoms with Crippen LogP contribution >= 0.6 is 0 Å². The van der Waals surface area contributed by atoms with Gasteiger partial charge in [-0.25, -0.2) is 0 Å². The van der Waals surface area contributed by atoms with Gasteiger partial charge in [0.2, 0.25) is 0 Å². The average molecular weight is 349 g/mol. The van der Waals surface area contributed by atoms with Gasteiger partial charge in [0.1, 0.15) is 24.5 Å². The fraction of sp³-hybridized carbons (Fsp3) is 0.350. The molecule has 1 aliphatic heterocycles. The van der Waals surface area contributed by atoms with Crippen LogP contribution in [0.5, 0.6) is 5.75 Å². The molecule has 26 heavy (non-hydrogen) atoms. The second kappa shape index (κ2) is 8.10. The Balaban J connectivity index is 1.30. The zero-order valence-electron chi connectivity index (χ0n) is 14.7. The lowest BCUT2D eigenvalue weighted by Gasteiger charge is -2.23. The van der Waals surface area contributed by atoms with Crippen molar-refractivity contribution in [3.05, 3.63) is 72.1 Å². The van der Waals surface area contributed by atoms with E-state index in [4.69, 9.17) is 4.74 Å². The molecule has 0 radical (unpaired) electrons. The first-order valence-electron chi connectivity index (χ1n) is 9.05. The molecule has 0 bridgehead atoms. The molecule has 6 nitrogen and oxygen atoms in total. The van der Waals surface area contributed by atoms with Crippen LogP contribution in [-0.4, -0.2) is 26.3 Å². The third-order valence-electron chi connectivity index (χ3n) is 4.79. The van der Waals surface area contributed by atoms with Crippen molar-refractivity contribution in [3.8, 4) is 5.75 Å². The molecule has 0 amide bonds. The van der Waals surface area contributed by atoms with Gasteiger partial charge in [-0.15, -0.1) is 10.2 Å². The molecule has 1 aromatic carbocycles. The minimum atomic E-state index is 0.554. The number of para-hydroxylation sites is 1. The Morgan fingerprint density at radius 1 is 1.15 bits per heavy atom. The van der Waals surface area contributed by atoms with Crippen molar-refractivity contribution in [2.24, 2.45) is 5.92 Å². The Kier molecular flexibility index (Phi) is 5.21. The maximum Gasteiger partial charge on any atom is 0.132 e. The van der Waals surface area contributed by atoms with Crippen LogP contribution in [0.25, 0.3) is 0 Å². The highest BCUT2D eigenvalue weighted by molar-refractivity contribution is 5.33. The summed E-state index contributed by atoms with van der Waals surface area (Å²) in [5.74, 6) is 2.65. The summed E-state index contributed by atoms with van der Waals surface area (Å²) in [6.45, 7) is 3.34. The van der Waals surface area contributed by atoms with Crippen LogP contribution < -0.4 is 10.1 Å². The summed E-state index contributed by atoms with van der Waals surface area (Å²) in [7, 11) is 0. The van der Waals surface area contributed by atoms with E-state index in [9.17, 15) is 0 Å². The predicted octanol–water partition coefficient (Wildman–Crippen LogP) is 2.60. The molecule has 0 fully saturated rings. The third-order valence-corrected chi connectivity index (χ3v) is 4.79. The Morgan fingerprint density at radius 2 is 2.04 bits per heavy atom. The number of hydrogen-bond donors (Lipinski definition) is 1. The first kappa shape index (κ1) is 16.7. The topological polar surface area (TPSA) is 64.9 Å². The molecule has 2 aromatic heterocycles. The molecule has 1 N–H and O–H groups in total. The van der Waals surface area contributed by atoms with Crippen molar-refractivity contribution >= 4 is 0 Å². The summed E-state index contributed by atoms with van der Waals surface area (Å²) in [6, 6.07) is 12.2. The molecule has 0 saturated carbocycles. The summed E-state index contributed by atoms with van der Waals surface area (Å²) < 4.78 is 8.18. The number of benzene rings is 1. The van der Waals surface area contributed by atoms with E-state index in [0.717, 1.165) is 49.6 Å². The molecule has 0 saturated heterocycles. The normalized spacial score (nSPS) is 16.2. The Bertz CT molecular complexity index is 833. The van der Waals surface area contributed by atoms with Gasteiger partial charge >= 0.3 is 0 Å². The van der Waals surface area contributed by atoms with Gasteiger partial charge in [0.15, 0.2) is 0 Å². The number of nitrogens with one attached hydrogen (secondary N) is 1. The Hall–Kier alpha value is -2.73. The largest absolute Gasteiger partial charge is 0.489 e. The van der Waals surface area contributed by atoms with Gasteiger partial charge in [-0.2, -0.15) is 0 Å². The maximum absolute atomic E-state index is 6.01. The van der Waals surface area contributed by atoms with Crippen molar-refractivity contribution in [2.45, 2.75) is 32.5 Å². The quantitative estimate of drug-likeness (QED) is 0.710. The summed E-state index contributed by atoms with van der Waals surface area (Å²) in [5, 5.41) is 11.7. The van der Waals surface area contributed by atoms with Gasteiger partial charge < -0.3 is 14.6 Å². The van der Waals surface area contributed by atoms with Gasteiger partial charge in [-0.05, 0) is 42.6 Å². The summed E-state index contributed by atoms with van der Waals surface area (Å²) in [6.07, 6.45) is 7.59. The van der Waals surface area contributed by atoms with Crippen LogP contribution in [0, 0.1) is 5.92 Å². The number of ether oxygens (including phenoxy) is 1. The summed E-state index contributed by atoms with van der Waals surface area (Å²) in [4.78, 5) is 4.04. The highest BCUT2D eigenvalue weighted by Crippen LogP contribution is 2.20. The number of aromatic nitrogens is 4. The van der Waals surface area contributed by atoms with Crippen LogP contribution in [0.4, 0.5) is 0 Å². The second-order valence-corrected chi connectivity index (χ2v) is 6.69. The zero-order chi connectivity index (χ0) is 17.6. The maximum atomic E-state index is 6.01. The van der Waals surface area contributed by atoms with E-state index in [1.807, 2.05) is 30.6 Å². The third kappa shape index (κ3) is 4.08. The van der Waals surface area contributed by atoms with Crippen LogP contribution in [-0.2, 0) is 26.1 Å². The molecule has 0 spiro atoms. The van der Waals surface area contributed by atoms with Crippen LogP contribution in [0.1, 0.15) is 23.4 Å². The van der Waals surface area contributed by atoms with E-state index >= 15 is 0 Å². The second-order valence-electron chi connectivity index (χ2n) is 6.69. The molecule has 6 heteroatoms. The Labute approximate surface area is 153 Å². The number of pyridine rings is 1. The minimum Gasteiger partial charge on any atom is -0.489 e. The minimum absolute atomic E-state index is 0.554. The fourth-order valence-corrected chi connectivity index (χ4v) is 3.34. The van der Waals surface area contributed by atoms with Crippen molar-refractivity contribution < 1.29 is 4.74 Å². The smallest absolute Gasteiger partial charge is 0.132 e. The van der Waals surface area contributed by atoms with Gasteiger partial charge in [-0.1, -0.05) is 18.2 Å². The van der Waals surface area contributed by atoms with E-state index in [0.29, 0.717) is 12.5 Å². The van der Waals surface area contributed by atoms with E-state index in [-0.39, 0.29) is 0 Å². The lowest BCUT2D eigenvalue weighted by Crippen LogP contribution is -2.29. The van der Waals surface area contributed by atoms with Crippen molar-refractivity contribution in [1.82, 2.24) is 25.1 Å². The average Bonchev–Trinajstić information content (AvgIpc) is 3.16. The molecule has 4 rings (SSSR count). The van der Waals surface area contributed by atoms with Crippen molar-refractivity contribution in [3.63, 3.8) is 0 Å². The molecular weight excluding hydrogens is 326 g/mol. The van der Waals surface area contributed by atoms with Gasteiger partial charge in [0.05, 0.1) is 0 Å². The number of nitrogens with zero attached hydrogens (tertiary/aromatic N) is 4. The summed E-state index contributed by atoms with van der Waals surface area (Å²) in [5.41, 5.74) is 2.30. The SMILES string of the molecule is c1ccc(OCc2ccncc2)c(CNC[C@@H]2CCc3nncn3C2)c1. The number of fused-ring (bicyclic) bond motifs is 1. The van der Waals surface area contributed by atoms with E-state index in [1.54, 1.807) is 12.4 Å². The van der Waals surface area contributed by atoms with Crippen LogP contribution in [0.3, 0.4) is 0 Å². The monoisotopic (exact) mass is 349 g/mol. The standard InChI is InChI=1S/C20H23N5O/c1-2-4-19(26-14-16-7-9-21-10-8-16)18(3-1)12-22-11-17-5-6-20-24-23-15-25(20)13-17/h1-4,7-10,15,17,22H,5-6,11-14H2/t17-/m0/s1. The van der Waals surface area contributed by atoms with Crippen molar-refractivity contribution in [1.29, 1.82) is 0 Å². The lowest BCUT2D eigenvalue weighted by atomic mass is 9.99. The Morgan fingerprint density at radius 3 is 2.96 bits per heavy atom. The van der Waals surface area contributed by atoms with Gasteiger partial charge in [0.25, 0.3) is 0 Å². The molecule has 0 unspecified atom stereocenters. The van der Waals surface area contributed by atoms with Crippen LogP contribution in [0.15, 0.2) is 55.1 Å². The fourth-order valence-electron chi connectivity index (χ4n) is 3.34. The lowest BCUT2D eigenvalue weighted by molar-refractivity contribution is 0.300. The highest BCUT2D eigenvalue weighted by atomic mass is 16.5. The molecule has 0 aliphatic carbocycles. The number of rotatable bonds is 7. The first-order valence-corrected chi connectivity index (χ1v) is 9.05. The summed E-state index contributed by atoms with van der Waals surface area (Å²) >= 11 is 0. The van der Waals surface area contributed by atoms with Gasteiger partial charge in [0, 0.05) is 37.5 Å². The molecule has 3 aromatic rings. The molecule has 134 valence electrons. The van der Waals surface area contributed by atoms with E-state index in [2.05, 4.69) is 37.2 Å². The first-order chi connectivity index (χ1) is 12.9. The molecule has 3 heterocycles. The predicted molar refractivity (Wildman–Crippen MR) is 98.6 cm³/mol. The highest BCUT2D eigenvalue weighted by Gasteiger charge is 2.19. The van der Waals surface area contributed by atoms with E-state index in [1.165, 1.54) is 5.56 Å². The zero-order valence-corrected chi connectivity index (χ0v) is 14.7. The van der Waals surface area contributed by atoms with E-state index < -0.39 is 0 Å². The van der Waals surface area contributed by atoms with Gasteiger partial charge in [-0.3, -0.25) is 4.98 Å². The van der Waals surface area contributed by atoms with Crippen molar-refractivity contribution in [2.75, 3.05) is 6.54 Å².